The van der Waals surface area contributed by atoms with Gasteiger partial charge in [0.1, 0.15) is 17.3 Å². The predicted octanol–water partition coefficient (Wildman–Crippen LogP) is 2.68. The highest BCUT2D eigenvalue weighted by atomic mass is 19.1. The summed E-state index contributed by atoms with van der Waals surface area (Å²) in [7, 11) is 1.12. The van der Waals surface area contributed by atoms with Gasteiger partial charge in [-0.2, -0.15) is 0 Å². The lowest BCUT2D eigenvalue weighted by atomic mass is 10.2. The van der Waals surface area contributed by atoms with Crippen LogP contribution in [0.25, 0.3) is 0 Å². The van der Waals surface area contributed by atoms with Crippen LogP contribution in [0.4, 0.5) is 20.2 Å². The number of nitro groups is 1. The smallest absolute Gasteiger partial charge is 0.338 e. The summed E-state index contributed by atoms with van der Waals surface area (Å²) < 4.78 is 36.4. The number of methoxy groups -OCH3 is 1. The number of benzene rings is 2. The molecule has 26 heavy (non-hydrogen) atoms. The number of rotatable bonds is 6. The van der Waals surface area contributed by atoms with E-state index >= 15 is 0 Å². The van der Waals surface area contributed by atoms with E-state index in [0.717, 1.165) is 37.4 Å². The topological polar surface area (TPSA) is 108 Å². The normalized spacial score (nSPS) is 10.1. The molecule has 2 aromatic carbocycles. The third-order valence-electron chi connectivity index (χ3n) is 3.16. The van der Waals surface area contributed by atoms with E-state index in [1.165, 1.54) is 6.07 Å². The minimum absolute atomic E-state index is 0.0792. The fourth-order valence-electron chi connectivity index (χ4n) is 1.96. The van der Waals surface area contributed by atoms with Crippen molar-refractivity contribution in [3.05, 3.63) is 63.7 Å². The maximum Gasteiger partial charge on any atom is 0.338 e. The van der Waals surface area contributed by atoms with Gasteiger partial charge in [-0.1, -0.05) is 6.07 Å². The molecule has 1 amide bonds. The van der Waals surface area contributed by atoms with Crippen LogP contribution in [0, 0.1) is 21.7 Å². The zero-order chi connectivity index (χ0) is 19.3. The second-order valence-corrected chi connectivity index (χ2v) is 4.86. The van der Waals surface area contributed by atoms with Crippen molar-refractivity contribution in [1.29, 1.82) is 0 Å². The largest absolute Gasteiger partial charge is 0.477 e. The Morgan fingerprint density at radius 1 is 1.19 bits per heavy atom. The lowest BCUT2D eigenvalue weighted by Gasteiger charge is -2.09. The molecule has 0 saturated heterocycles. The van der Waals surface area contributed by atoms with Crippen LogP contribution in [0.15, 0.2) is 36.4 Å². The van der Waals surface area contributed by atoms with Gasteiger partial charge in [-0.15, -0.1) is 0 Å². The molecule has 0 atom stereocenters. The molecule has 0 aliphatic rings. The molecule has 2 rings (SSSR count). The number of ether oxygens (including phenoxy) is 2. The summed E-state index contributed by atoms with van der Waals surface area (Å²) in [4.78, 5) is 33.5. The van der Waals surface area contributed by atoms with Gasteiger partial charge in [0.25, 0.3) is 5.91 Å². The average Bonchev–Trinajstić information content (AvgIpc) is 2.62. The molecule has 0 aliphatic carbocycles. The summed E-state index contributed by atoms with van der Waals surface area (Å²) in [6.07, 6.45) is 0. The highest BCUT2D eigenvalue weighted by Crippen LogP contribution is 2.28. The van der Waals surface area contributed by atoms with Crippen LogP contribution in [-0.2, 0) is 9.53 Å². The molecule has 0 unspecified atom stereocenters. The van der Waals surface area contributed by atoms with Gasteiger partial charge in [0, 0.05) is 6.07 Å². The lowest BCUT2D eigenvalue weighted by Crippen LogP contribution is -2.21. The van der Waals surface area contributed by atoms with Gasteiger partial charge < -0.3 is 14.8 Å². The number of carbonyl (C=O) groups is 2. The summed E-state index contributed by atoms with van der Waals surface area (Å²) in [5.74, 6) is -3.97. The summed E-state index contributed by atoms with van der Waals surface area (Å²) in [5, 5.41) is 13.1. The molecule has 136 valence electrons. The molecule has 0 spiro atoms. The van der Waals surface area contributed by atoms with Crippen molar-refractivity contribution in [3.8, 4) is 5.75 Å². The number of anilines is 1. The van der Waals surface area contributed by atoms with Crippen molar-refractivity contribution in [1.82, 2.24) is 0 Å². The summed E-state index contributed by atoms with van der Waals surface area (Å²) in [6.45, 7) is -0.744. The summed E-state index contributed by atoms with van der Waals surface area (Å²) >= 11 is 0. The number of esters is 1. The molecular formula is C16H12F2N2O6. The number of para-hydroxylation sites is 1. The molecule has 10 heteroatoms. The van der Waals surface area contributed by atoms with E-state index in [9.17, 15) is 28.5 Å². The molecule has 0 radical (unpaired) electrons. The van der Waals surface area contributed by atoms with Gasteiger partial charge >= 0.3 is 11.7 Å². The van der Waals surface area contributed by atoms with E-state index in [4.69, 9.17) is 4.74 Å². The predicted molar refractivity (Wildman–Crippen MR) is 84.9 cm³/mol. The van der Waals surface area contributed by atoms with E-state index in [0.29, 0.717) is 0 Å². The van der Waals surface area contributed by atoms with Gasteiger partial charge in [-0.25, -0.2) is 13.6 Å². The molecule has 0 saturated carbocycles. The molecule has 0 bridgehead atoms. The Labute approximate surface area is 145 Å². The Bertz CT molecular complexity index is 852. The quantitative estimate of drug-likeness (QED) is 0.478. The highest BCUT2D eigenvalue weighted by molar-refractivity contribution is 5.92. The van der Waals surface area contributed by atoms with Gasteiger partial charge in [0.15, 0.2) is 12.4 Å². The van der Waals surface area contributed by atoms with Crippen molar-refractivity contribution in [2.24, 2.45) is 0 Å². The van der Waals surface area contributed by atoms with Crippen LogP contribution in [-0.4, -0.2) is 30.5 Å². The highest BCUT2D eigenvalue weighted by Gasteiger charge is 2.20. The number of halogens is 2. The molecule has 8 nitrogen and oxygen atoms in total. The molecule has 0 fully saturated rings. The Kier molecular flexibility index (Phi) is 5.78. The van der Waals surface area contributed by atoms with Crippen molar-refractivity contribution >= 4 is 23.3 Å². The first-order chi connectivity index (χ1) is 12.3. The van der Waals surface area contributed by atoms with Gasteiger partial charge in [-0.3, -0.25) is 14.9 Å². The number of nitro benzene ring substituents is 1. The van der Waals surface area contributed by atoms with Crippen molar-refractivity contribution < 1.29 is 32.8 Å². The van der Waals surface area contributed by atoms with Gasteiger partial charge in [0.05, 0.1) is 17.6 Å². The SMILES string of the molecule is COC(=O)c1ccc(OCC(=O)Nc2c(F)cccc2F)c([N+](=O)[O-])c1. The number of nitrogens with one attached hydrogen (secondary N) is 1. The second kappa shape index (κ2) is 8.01. The zero-order valence-electron chi connectivity index (χ0n) is 13.3. The average molecular weight is 366 g/mol. The molecule has 0 aromatic heterocycles. The van der Waals surface area contributed by atoms with Crippen molar-refractivity contribution in [2.45, 2.75) is 0 Å². The molecule has 0 heterocycles. The van der Waals surface area contributed by atoms with E-state index in [1.807, 2.05) is 5.32 Å². The number of amides is 1. The van der Waals surface area contributed by atoms with Crippen LogP contribution < -0.4 is 10.1 Å². The Morgan fingerprint density at radius 3 is 2.42 bits per heavy atom. The van der Waals surface area contributed by atoms with Crippen LogP contribution in [0.1, 0.15) is 10.4 Å². The Hall–Kier alpha value is -3.56. The van der Waals surface area contributed by atoms with E-state index in [2.05, 4.69) is 4.74 Å². The standard InChI is InChI=1S/C16H12F2N2O6/c1-25-16(22)9-5-6-13(12(7-9)20(23)24)26-8-14(21)19-15-10(17)3-2-4-11(15)18/h2-7H,8H2,1H3,(H,19,21). The van der Waals surface area contributed by atoms with Crippen LogP contribution >= 0.6 is 0 Å². The third kappa shape index (κ3) is 4.29. The number of nitrogens with zero attached hydrogens (tertiary/aromatic N) is 1. The maximum absolute atomic E-state index is 13.5. The van der Waals surface area contributed by atoms with E-state index < -0.39 is 46.4 Å². The van der Waals surface area contributed by atoms with Crippen molar-refractivity contribution in [2.75, 3.05) is 19.0 Å². The minimum Gasteiger partial charge on any atom is -0.477 e. The maximum atomic E-state index is 13.5. The summed E-state index contributed by atoms with van der Waals surface area (Å²) in [5.41, 5.74) is -1.31. The first kappa shape index (κ1) is 18.8. The van der Waals surface area contributed by atoms with E-state index in [1.54, 1.807) is 0 Å². The van der Waals surface area contributed by atoms with Crippen molar-refractivity contribution in [3.63, 3.8) is 0 Å². The Balaban J connectivity index is 2.12. The number of carbonyl (C=O) groups excluding carboxylic acids is 2. The molecule has 1 N–H and O–H groups in total. The first-order valence-electron chi connectivity index (χ1n) is 7.07. The fraction of sp³-hybridized carbons (Fsp3) is 0.125. The minimum atomic E-state index is -0.980. The van der Waals surface area contributed by atoms with Gasteiger partial charge in [-0.05, 0) is 24.3 Å². The third-order valence-corrected chi connectivity index (χ3v) is 3.16. The molecule has 0 aliphatic heterocycles. The van der Waals surface area contributed by atoms with Crippen LogP contribution in [0.3, 0.4) is 0 Å². The fourth-order valence-corrected chi connectivity index (χ4v) is 1.96. The van der Waals surface area contributed by atoms with Crippen LogP contribution in [0.5, 0.6) is 5.75 Å². The van der Waals surface area contributed by atoms with Gasteiger partial charge in [0.2, 0.25) is 0 Å². The second-order valence-electron chi connectivity index (χ2n) is 4.86. The zero-order valence-corrected chi connectivity index (χ0v) is 13.3. The molecule has 2 aromatic rings. The summed E-state index contributed by atoms with van der Waals surface area (Å²) in [6, 6.07) is 6.29. The number of hydrogen-bond donors (Lipinski definition) is 1. The monoisotopic (exact) mass is 366 g/mol. The molecular weight excluding hydrogens is 354 g/mol. The Morgan fingerprint density at radius 2 is 1.85 bits per heavy atom. The lowest BCUT2D eigenvalue weighted by molar-refractivity contribution is -0.385. The first-order valence-corrected chi connectivity index (χ1v) is 7.07. The van der Waals surface area contributed by atoms with Crippen LogP contribution in [0.2, 0.25) is 0 Å². The van der Waals surface area contributed by atoms with E-state index in [-0.39, 0.29) is 11.3 Å². The number of hydrogen-bond acceptors (Lipinski definition) is 6.